The van der Waals surface area contributed by atoms with Gasteiger partial charge in [0.25, 0.3) is 13.7 Å². The molecule has 0 bridgehead atoms. The number of hydrogen-bond donors (Lipinski definition) is 2. The van der Waals surface area contributed by atoms with Gasteiger partial charge in [-0.1, -0.05) is 121 Å². The summed E-state index contributed by atoms with van der Waals surface area (Å²) in [4.78, 5) is 58.9. The second kappa shape index (κ2) is 32.4. The molecule has 0 saturated heterocycles. The third-order valence-corrected chi connectivity index (χ3v) is 9.73. The van der Waals surface area contributed by atoms with Gasteiger partial charge in [-0.15, -0.1) is 0 Å². The fraction of sp³-hybridized carbons (Fsp3) is 0.725. The Bertz CT molecular complexity index is 1460. The average molecular weight is 850 g/mol. The van der Waals surface area contributed by atoms with Gasteiger partial charge in [0.05, 0.1) is 6.61 Å². The largest absolute Gasteiger partial charge is 0.756 e. The standard InChI is InChI=1S/C40H63F4N4O9P/c1-2-3-4-5-6-7-8-9-10-11-12-14-17-20-23-26-32(49)55-29-31(30-56-58(52,53)54)57-33(50)27-24-21-18-15-13-16-19-22-25-28-46-40(51)34-35(41)37(43)39(47-48-45)38(44)36(34)42/h9-10,31H,2-8,11-30H2,1H3,(H,46,51)(H2,52,53,54)/p-1/b10-9+. The van der Waals surface area contributed by atoms with E-state index in [1.807, 2.05) is 0 Å². The Labute approximate surface area is 339 Å². The molecule has 2 atom stereocenters. The van der Waals surface area contributed by atoms with Crippen molar-refractivity contribution in [3.8, 4) is 0 Å². The molecule has 1 rings (SSSR count). The number of nitrogens with zero attached hydrogens (tertiary/aromatic N) is 3. The second-order valence-electron chi connectivity index (χ2n) is 14.3. The minimum absolute atomic E-state index is 0.0127. The van der Waals surface area contributed by atoms with Crippen LogP contribution in [-0.4, -0.2) is 48.6 Å². The van der Waals surface area contributed by atoms with Crippen molar-refractivity contribution in [3.05, 3.63) is 51.4 Å². The molecule has 2 N–H and O–H groups in total. The van der Waals surface area contributed by atoms with Crippen molar-refractivity contribution in [2.45, 2.75) is 167 Å². The molecule has 1 aromatic rings. The molecule has 0 aliphatic carbocycles. The van der Waals surface area contributed by atoms with Crippen molar-refractivity contribution in [2.24, 2.45) is 5.11 Å². The monoisotopic (exact) mass is 849 g/mol. The SMILES string of the molecule is CCCCCCCC/C=C/CCCCCCCC(=O)OCC(COP(=O)([O-])O)OC(=O)CCCCCCCCCCCNC(=O)c1c(F)c(F)c(N=[N+]=[N-])c(F)c1F. The molecule has 13 nitrogen and oxygen atoms in total. The van der Waals surface area contributed by atoms with E-state index in [1.54, 1.807) is 0 Å². The van der Waals surface area contributed by atoms with Crippen LogP contribution in [-0.2, 0) is 28.2 Å². The molecule has 0 spiro atoms. The van der Waals surface area contributed by atoms with Crippen molar-refractivity contribution in [1.82, 2.24) is 5.32 Å². The summed E-state index contributed by atoms with van der Waals surface area (Å²) in [7, 11) is -5.09. The minimum Gasteiger partial charge on any atom is -0.756 e. The Morgan fingerprint density at radius 1 is 0.741 bits per heavy atom. The summed E-state index contributed by atoms with van der Waals surface area (Å²) in [5, 5.41) is 4.80. The van der Waals surface area contributed by atoms with E-state index in [0.29, 0.717) is 25.7 Å². The number of amides is 1. The summed E-state index contributed by atoms with van der Waals surface area (Å²) >= 11 is 0. The number of nitrogens with one attached hydrogen (secondary N) is 1. The van der Waals surface area contributed by atoms with Crippen LogP contribution in [0, 0.1) is 23.3 Å². The maximum absolute atomic E-state index is 14.1. The normalized spacial score (nSPS) is 12.9. The summed E-state index contributed by atoms with van der Waals surface area (Å²) in [6.45, 7) is 1.13. The number of azide groups is 1. The number of hydrogen-bond acceptors (Lipinski definition) is 9. The van der Waals surface area contributed by atoms with Gasteiger partial charge >= 0.3 is 11.9 Å². The lowest BCUT2D eigenvalue weighted by Crippen LogP contribution is -2.30. The molecule has 0 saturated carbocycles. The summed E-state index contributed by atoms with van der Waals surface area (Å²) in [5.74, 6) is -10.3. The first kappa shape index (κ1) is 52.5. The van der Waals surface area contributed by atoms with Gasteiger partial charge in [-0.3, -0.25) is 18.9 Å². The number of benzene rings is 1. The molecule has 1 aromatic carbocycles. The second-order valence-corrected chi connectivity index (χ2v) is 15.4. The molecular weight excluding hydrogens is 787 g/mol. The first-order valence-electron chi connectivity index (χ1n) is 20.7. The summed E-state index contributed by atoms with van der Waals surface area (Å²) in [6.07, 6.45) is 24.8. The average Bonchev–Trinajstić information content (AvgIpc) is 3.18. The van der Waals surface area contributed by atoms with Crippen LogP contribution in [0.1, 0.15) is 171 Å². The van der Waals surface area contributed by atoms with Gasteiger partial charge in [-0.05, 0) is 50.5 Å². The van der Waals surface area contributed by atoms with Gasteiger partial charge in [-0.25, -0.2) is 17.6 Å². The van der Waals surface area contributed by atoms with Gasteiger partial charge in [0, 0.05) is 24.3 Å². The van der Waals surface area contributed by atoms with E-state index in [4.69, 9.17) is 19.9 Å². The number of halogens is 4. The number of esters is 2. The zero-order chi connectivity index (χ0) is 43.0. The predicted octanol–water partition coefficient (Wildman–Crippen LogP) is 10.8. The molecule has 0 radical (unpaired) electrons. The number of carbonyl (C=O) groups excluding carboxylic acids is 3. The van der Waals surface area contributed by atoms with E-state index in [0.717, 1.165) is 77.0 Å². The molecule has 1 amide bonds. The topological polar surface area (TPSA) is 200 Å². The molecule has 0 fully saturated rings. The van der Waals surface area contributed by atoms with Crippen LogP contribution < -0.4 is 10.2 Å². The van der Waals surface area contributed by atoms with Crippen molar-refractivity contribution < 1.29 is 60.3 Å². The molecule has 330 valence electrons. The van der Waals surface area contributed by atoms with Crippen molar-refractivity contribution in [2.75, 3.05) is 19.8 Å². The zero-order valence-electron chi connectivity index (χ0n) is 33.8. The van der Waals surface area contributed by atoms with Crippen molar-refractivity contribution >= 4 is 31.4 Å². The Morgan fingerprint density at radius 3 is 1.71 bits per heavy atom. The molecule has 0 aromatic heterocycles. The summed E-state index contributed by atoms with van der Waals surface area (Å²) < 4.78 is 82.0. The fourth-order valence-electron chi connectivity index (χ4n) is 6.01. The lowest BCUT2D eigenvalue weighted by molar-refractivity contribution is -0.223. The maximum Gasteiger partial charge on any atom is 0.306 e. The van der Waals surface area contributed by atoms with Crippen LogP contribution in [0.5, 0.6) is 0 Å². The Balaban J connectivity index is 2.18. The highest BCUT2D eigenvalue weighted by Gasteiger charge is 2.29. The Hall–Kier alpha value is -3.49. The fourth-order valence-corrected chi connectivity index (χ4v) is 6.37. The third kappa shape index (κ3) is 25.1. The van der Waals surface area contributed by atoms with Gasteiger partial charge in [0.1, 0.15) is 17.9 Å². The van der Waals surface area contributed by atoms with Gasteiger partial charge in [0.2, 0.25) is 0 Å². The van der Waals surface area contributed by atoms with Crippen LogP contribution in [0.15, 0.2) is 17.3 Å². The summed E-state index contributed by atoms with van der Waals surface area (Å²) in [6, 6.07) is 0. The first-order chi connectivity index (χ1) is 27.8. The van der Waals surface area contributed by atoms with Crippen LogP contribution in [0.25, 0.3) is 10.4 Å². The highest BCUT2D eigenvalue weighted by Crippen LogP contribution is 2.31. The third-order valence-electron chi connectivity index (χ3n) is 9.25. The van der Waals surface area contributed by atoms with E-state index >= 15 is 0 Å². The number of rotatable bonds is 35. The van der Waals surface area contributed by atoms with Gasteiger partial charge < -0.3 is 29.1 Å². The van der Waals surface area contributed by atoms with Crippen molar-refractivity contribution in [3.63, 3.8) is 0 Å². The Kier molecular flexibility index (Phi) is 29.3. The van der Waals surface area contributed by atoms with Crippen LogP contribution in [0.2, 0.25) is 0 Å². The molecule has 0 heterocycles. The highest BCUT2D eigenvalue weighted by atomic mass is 31.2. The van der Waals surface area contributed by atoms with Crippen LogP contribution in [0.3, 0.4) is 0 Å². The molecular formula is C40H62F4N4O9P-. The van der Waals surface area contributed by atoms with Crippen LogP contribution in [0.4, 0.5) is 23.2 Å². The highest BCUT2D eigenvalue weighted by molar-refractivity contribution is 7.44. The number of phosphoric acid groups is 1. The number of unbranched alkanes of at least 4 members (excludes halogenated alkanes) is 19. The molecule has 18 heteroatoms. The summed E-state index contributed by atoms with van der Waals surface area (Å²) in [5.41, 5.74) is 5.37. The number of allylic oxidation sites excluding steroid dienone is 2. The van der Waals surface area contributed by atoms with E-state index in [-0.39, 0.29) is 19.4 Å². The van der Waals surface area contributed by atoms with Crippen molar-refractivity contribution in [1.29, 1.82) is 0 Å². The maximum atomic E-state index is 14.1. The molecule has 2 unspecified atom stereocenters. The Morgan fingerprint density at radius 2 is 1.21 bits per heavy atom. The molecule has 58 heavy (non-hydrogen) atoms. The molecule has 0 aliphatic rings. The number of ether oxygens (including phenoxy) is 2. The van der Waals surface area contributed by atoms with Gasteiger partial charge in [-0.2, -0.15) is 0 Å². The first-order valence-corrected chi connectivity index (χ1v) is 22.2. The number of carbonyl (C=O) groups is 3. The zero-order valence-corrected chi connectivity index (χ0v) is 34.7. The van der Waals surface area contributed by atoms with E-state index in [1.165, 1.54) is 38.5 Å². The minimum atomic E-state index is -5.09. The van der Waals surface area contributed by atoms with Gasteiger partial charge in [0.15, 0.2) is 29.4 Å². The van der Waals surface area contributed by atoms with E-state index in [9.17, 15) is 41.4 Å². The lowest BCUT2D eigenvalue weighted by Gasteiger charge is -2.21. The van der Waals surface area contributed by atoms with E-state index < -0.39 is 79.5 Å². The smallest absolute Gasteiger partial charge is 0.306 e. The quantitative estimate of drug-likeness (QED) is 0.00767. The van der Waals surface area contributed by atoms with E-state index in [2.05, 4.69) is 38.9 Å². The predicted molar refractivity (Wildman–Crippen MR) is 210 cm³/mol. The lowest BCUT2D eigenvalue weighted by atomic mass is 10.1. The molecule has 0 aliphatic heterocycles. The van der Waals surface area contributed by atoms with Crippen LogP contribution >= 0.6 is 7.82 Å². The number of phosphoric ester groups is 1.